The zero-order chi connectivity index (χ0) is 14.0. The first-order chi connectivity index (χ1) is 8.97. The summed E-state index contributed by atoms with van der Waals surface area (Å²) in [6.07, 6.45) is 0.835. The zero-order valence-electron chi connectivity index (χ0n) is 11.0. The molecule has 8 heteroatoms. The predicted octanol–water partition coefficient (Wildman–Crippen LogP) is 1.56. The molecule has 2 heterocycles. The first kappa shape index (κ1) is 17.4. The van der Waals surface area contributed by atoms with Crippen LogP contribution >= 0.6 is 39.7 Å². The molecule has 0 bridgehead atoms. The summed E-state index contributed by atoms with van der Waals surface area (Å²) in [5, 5.41) is 0. The van der Waals surface area contributed by atoms with Crippen LogP contribution in [-0.4, -0.2) is 54.3 Å². The monoisotopic (exact) mass is 381 g/mol. The van der Waals surface area contributed by atoms with E-state index in [0.29, 0.717) is 18.0 Å². The number of likely N-dealkylation sites (N-methyl/N-ethyl adjacent to an activating group) is 1. The Labute approximate surface area is 136 Å². The molecule has 1 aromatic heterocycles. The molecule has 0 spiro atoms. The van der Waals surface area contributed by atoms with E-state index in [2.05, 4.69) is 15.9 Å². The van der Waals surface area contributed by atoms with E-state index in [-0.39, 0.29) is 36.8 Å². The van der Waals surface area contributed by atoms with E-state index in [1.54, 1.807) is 18.0 Å². The zero-order valence-corrected chi connectivity index (χ0v) is 14.3. The Bertz CT molecular complexity index is 497. The van der Waals surface area contributed by atoms with E-state index < -0.39 is 0 Å². The highest BCUT2D eigenvalue weighted by molar-refractivity contribution is 9.11. The topological polar surface area (TPSA) is 66.6 Å². The molecule has 1 saturated heterocycles. The van der Waals surface area contributed by atoms with Crippen LogP contribution < -0.4 is 5.73 Å². The van der Waals surface area contributed by atoms with E-state index in [1.807, 2.05) is 6.07 Å². The Balaban J connectivity index is 0.00000200. The highest BCUT2D eigenvalue weighted by atomic mass is 79.9. The molecule has 0 aliphatic carbocycles. The Hall–Kier alpha value is -0.630. The van der Waals surface area contributed by atoms with Gasteiger partial charge < -0.3 is 15.5 Å². The molecule has 2 amide bonds. The van der Waals surface area contributed by atoms with Gasteiger partial charge in [-0.25, -0.2) is 0 Å². The second kappa shape index (κ2) is 7.40. The number of carbonyl (C=O) groups is 2. The van der Waals surface area contributed by atoms with Crippen molar-refractivity contribution < 1.29 is 9.59 Å². The van der Waals surface area contributed by atoms with Gasteiger partial charge in [0, 0.05) is 26.2 Å². The summed E-state index contributed by atoms with van der Waals surface area (Å²) in [5.41, 5.74) is 5.77. The number of amides is 2. The molecule has 1 aliphatic rings. The summed E-state index contributed by atoms with van der Waals surface area (Å²) in [6, 6.07) is 3.65. The maximum absolute atomic E-state index is 12.1. The lowest BCUT2D eigenvalue weighted by molar-refractivity contribution is -0.130. The molecule has 5 nitrogen and oxygen atoms in total. The van der Waals surface area contributed by atoms with Crippen LogP contribution in [0.3, 0.4) is 0 Å². The van der Waals surface area contributed by atoms with Gasteiger partial charge in [0.25, 0.3) is 5.91 Å². The summed E-state index contributed by atoms with van der Waals surface area (Å²) in [4.78, 5) is 27.9. The van der Waals surface area contributed by atoms with Crippen LogP contribution in [-0.2, 0) is 4.79 Å². The molecular formula is C12H17BrClN3O2S. The average molecular weight is 383 g/mol. The van der Waals surface area contributed by atoms with Gasteiger partial charge in [0.15, 0.2) is 0 Å². The van der Waals surface area contributed by atoms with Crippen molar-refractivity contribution in [1.82, 2.24) is 9.80 Å². The van der Waals surface area contributed by atoms with Crippen LogP contribution in [0.2, 0.25) is 0 Å². The van der Waals surface area contributed by atoms with Crippen molar-refractivity contribution in [3.05, 3.63) is 20.8 Å². The van der Waals surface area contributed by atoms with Gasteiger partial charge in [0.05, 0.1) is 15.2 Å². The minimum atomic E-state index is -0.132. The molecule has 1 fully saturated rings. The third-order valence-electron chi connectivity index (χ3n) is 3.08. The smallest absolute Gasteiger partial charge is 0.264 e. The fourth-order valence-corrected chi connectivity index (χ4v) is 3.39. The summed E-state index contributed by atoms with van der Waals surface area (Å²) in [5.74, 6) is -0.174. The van der Waals surface area contributed by atoms with E-state index in [0.717, 1.165) is 10.2 Å². The highest BCUT2D eigenvalue weighted by Crippen LogP contribution is 2.23. The van der Waals surface area contributed by atoms with Crippen LogP contribution in [0.25, 0.3) is 0 Å². The Kier molecular flexibility index (Phi) is 6.44. The van der Waals surface area contributed by atoms with Crippen molar-refractivity contribution in [2.75, 3.05) is 26.7 Å². The number of thiophene rings is 1. The number of rotatable bonds is 3. The molecule has 112 valence electrons. The summed E-state index contributed by atoms with van der Waals surface area (Å²) in [7, 11) is 1.64. The molecule has 0 radical (unpaired) electrons. The van der Waals surface area contributed by atoms with Crippen molar-refractivity contribution >= 4 is 51.5 Å². The molecule has 2 rings (SSSR count). The number of hydrogen-bond acceptors (Lipinski definition) is 4. The number of halogens is 2. The van der Waals surface area contributed by atoms with Gasteiger partial charge in [-0.1, -0.05) is 0 Å². The number of carbonyl (C=O) groups excluding carboxylic acids is 2. The predicted molar refractivity (Wildman–Crippen MR) is 85.4 cm³/mol. The van der Waals surface area contributed by atoms with Gasteiger partial charge in [-0.15, -0.1) is 23.7 Å². The van der Waals surface area contributed by atoms with Gasteiger partial charge in [-0.2, -0.15) is 0 Å². The Morgan fingerprint density at radius 1 is 1.55 bits per heavy atom. The molecule has 0 aromatic carbocycles. The second-order valence-electron chi connectivity index (χ2n) is 4.65. The first-order valence-corrected chi connectivity index (χ1v) is 7.62. The van der Waals surface area contributed by atoms with Gasteiger partial charge in [-0.05, 0) is 34.5 Å². The number of hydrogen-bond donors (Lipinski definition) is 1. The normalized spacial score (nSPS) is 17.8. The third-order valence-corrected chi connectivity index (χ3v) is 4.69. The second-order valence-corrected chi connectivity index (χ2v) is 7.12. The summed E-state index contributed by atoms with van der Waals surface area (Å²) >= 11 is 4.68. The Morgan fingerprint density at radius 2 is 2.25 bits per heavy atom. The largest absolute Gasteiger partial charge is 0.340 e. The molecule has 0 unspecified atom stereocenters. The lowest BCUT2D eigenvalue weighted by Crippen LogP contribution is -2.40. The molecule has 1 atom stereocenters. The van der Waals surface area contributed by atoms with E-state index in [1.165, 1.54) is 16.2 Å². The molecule has 2 N–H and O–H groups in total. The standard InChI is InChI=1S/C12H16BrN3O2S.ClH/c1-15(12(18)9-2-3-10(13)19-9)7-11(17)16-5-4-8(14)6-16;/h2-3,8H,4-7,14H2,1H3;1H/t8-;/m1./s1. The van der Waals surface area contributed by atoms with Crippen LogP contribution in [0, 0.1) is 0 Å². The molecule has 1 aromatic rings. The molecular weight excluding hydrogens is 366 g/mol. The summed E-state index contributed by atoms with van der Waals surface area (Å²) < 4.78 is 0.904. The minimum absolute atomic E-state index is 0. The van der Waals surface area contributed by atoms with Gasteiger partial charge in [-0.3, -0.25) is 9.59 Å². The minimum Gasteiger partial charge on any atom is -0.340 e. The number of likely N-dealkylation sites (tertiary alicyclic amines) is 1. The Morgan fingerprint density at radius 3 is 2.75 bits per heavy atom. The fourth-order valence-electron chi connectivity index (χ4n) is 2.01. The number of nitrogens with two attached hydrogens (primary N) is 1. The van der Waals surface area contributed by atoms with Crippen LogP contribution in [0.1, 0.15) is 16.1 Å². The lowest BCUT2D eigenvalue weighted by atomic mass is 10.3. The van der Waals surface area contributed by atoms with Crippen molar-refractivity contribution in [2.45, 2.75) is 12.5 Å². The molecule has 1 aliphatic heterocycles. The van der Waals surface area contributed by atoms with Crippen molar-refractivity contribution in [3.63, 3.8) is 0 Å². The van der Waals surface area contributed by atoms with Crippen LogP contribution in [0.4, 0.5) is 0 Å². The van der Waals surface area contributed by atoms with Gasteiger partial charge in [0.1, 0.15) is 0 Å². The van der Waals surface area contributed by atoms with Crippen molar-refractivity contribution in [3.8, 4) is 0 Å². The van der Waals surface area contributed by atoms with Gasteiger partial charge in [0.2, 0.25) is 5.91 Å². The highest BCUT2D eigenvalue weighted by Gasteiger charge is 2.25. The third kappa shape index (κ3) is 4.18. The summed E-state index contributed by atoms with van der Waals surface area (Å²) in [6.45, 7) is 1.37. The average Bonchev–Trinajstić information content (AvgIpc) is 2.97. The first-order valence-electron chi connectivity index (χ1n) is 6.01. The molecule has 20 heavy (non-hydrogen) atoms. The maximum Gasteiger partial charge on any atom is 0.264 e. The van der Waals surface area contributed by atoms with E-state index in [4.69, 9.17) is 5.73 Å². The van der Waals surface area contributed by atoms with Crippen molar-refractivity contribution in [1.29, 1.82) is 0 Å². The maximum atomic E-state index is 12.1. The van der Waals surface area contributed by atoms with E-state index >= 15 is 0 Å². The van der Waals surface area contributed by atoms with Gasteiger partial charge >= 0.3 is 0 Å². The number of nitrogens with zero attached hydrogens (tertiary/aromatic N) is 2. The SMILES string of the molecule is CN(CC(=O)N1CC[C@@H](N)C1)C(=O)c1ccc(Br)s1.Cl. The van der Waals surface area contributed by atoms with Crippen LogP contribution in [0.15, 0.2) is 15.9 Å². The van der Waals surface area contributed by atoms with Crippen molar-refractivity contribution in [2.24, 2.45) is 5.73 Å². The quantitative estimate of drug-likeness (QED) is 0.863. The fraction of sp³-hybridized carbons (Fsp3) is 0.500. The van der Waals surface area contributed by atoms with E-state index in [9.17, 15) is 9.59 Å². The molecule has 0 saturated carbocycles. The lowest BCUT2D eigenvalue weighted by Gasteiger charge is -2.21. The van der Waals surface area contributed by atoms with Crippen LogP contribution in [0.5, 0.6) is 0 Å².